The molecule has 5 rings (SSSR count). The predicted molar refractivity (Wildman–Crippen MR) is 145 cm³/mol. The maximum Gasteiger partial charge on any atom is 0.242 e. The van der Waals surface area contributed by atoms with Crippen molar-refractivity contribution in [2.24, 2.45) is 11.1 Å². The standard InChI is InChI=1S/C29H41N5O3/c1-20-26-22(17-28(2,3)18-24(26)35)31-21-9-5-6-10-23(21)34(20)19-25(36)32-15-11-29(12-16-32,27(30)37)33-13-7-4-8-14-33/h5-6,9-10,20,31H,4,7-8,11-19H2,1-3H3,(H2,30,37). The summed E-state index contributed by atoms with van der Waals surface area (Å²) in [5.41, 5.74) is 8.82. The van der Waals surface area contributed by atoms with E-state index >= 15 is 0 Å². The third kappa shape index (κ3) is 4.76. The minimum atomic E-state index is -0.648. The van der Waals surface area contributed by atoms with Crippen molar-refractivity contribution in [3.63, 3.8) is 0 Å². The Hall–Kier alpha value is -2.87. The second-order valence-electron chi connectivity index (χ2n) is 12.1. The number of fused-ring (bicyclic) bond motifs is 1. The number of primary amides is 1. The van der Waals surface area contributed by atoms with Crippen LogP contribution in [0.25, 0.3) is 0 Å². The summed E-state index contributed by atoms with van der Waals surface area (Å²) in [4.78, 5) is 45.8. The number of nitrogens with one attached hydrogen (secondary N) is 1. The van der Waals surface area contributed by atoms with Gasteiger partial charge in [0.05, 0.1) is 24.0 Å². The molecule has 2 fully saturated rings. The minimum absolute atomic E-state index is 0.0194. The first kappa shape index (κ1) is 25.8. The molecule has 0 radical (unpaired) electrons. The van der Waals surface area contributed by atoms with Crippen LogP contribution in [0, 0.1) is 5.41 Å². The smallest absolute Gasteiger partial charge is 0.242 e. The Bertz CT molecular complexity index is 1110. The van der Waals surface area contributed by atoms with Gasteiger partial charge in [0.2, 0.25) is 11.8 Å². The first-order valence-electron chi connectivity index (χ1n) is 13.8. The van der Waals surface area contributed by atoms with E-state index in [1.165, 1.54) is 6.42 Å². The van der Waals surface area contributed by atoms with Crippen LogP contribution >= 0.6 is 0 Å². The van der Waals surface area contributed by atoms with Crippen molar-refractivity contribution in [3.8, 4) is 0 Å². The average molecular weight is 508 g/mol. The lowest BCUT2D eigenvalue weighted by atomic mass is 9.74. The summed E-state index contributed by atoms with van der Waals surface area (Å²) in [5, 5.41) is 3.56. The second kappa shape index (κ2) is 9.78. The number of hydrogen-bond acceptors (Lipinski definition) is 6. The normalized spacial score (nSPS) is 25.6. The number of likely N-dealkylation sites (tertiary alicyclic amines) is 2. The van der Waals surface area contributed by atoms with Gasteiger partial charge in [-0.1, -0.05) is 32.4 Å². The molecule has 1 aliphatic carbocycles. The molecule has 0 spiro atoms. The number of amides is 2. The topological polar surface area (TPSA) is 99.0 Å². The molecule has 3 heterocycles. The lowest BCUT2D eigenvalue weighted by molar-refractivity contribution is -0.141. The Kier molecular flexibility index (Phi) is 6.81. The van der Waals surface area contributed by atoms with Crippen molar-refractivity contribution < 1.29 is 14.4 Å². The summed E-state index contributed by atoms with van der Waals surface area (Å²) >= 11 is 0. The van der Waals surface area contributed by atoms with E-state index in [2.05, 4.69) is 29.0 Å². The number of ketones is 1. The number of Topliss-reactive ketones (excluding diaryl/α,β-unsaturated/α-hetero) is 1. The molecule has 1 atom stereocenters. The lowest BCUT2D eigenvalue weighted by Crippen LogP contribution is -2.64. The van der Waals surface area contributed by atoms with Crippen molar-refractivity contribution >= 4 is 29.0 Å². The zero-order valence-electron chi connectivity index (χ0n) is 22.5. The number of anilines is 2. The Morgan fingerprint density at radius 2 is 1.70 bits per heavy atom. The zero-order valence-corrected chi connectivity index (χ0v) is 22.5. The summed E-state index contributed by atoms with van der Waals surface area (Å²) in [5.74, 6) is -0.0888. The SMILES string of the molecule is CC1C2=C(CC(C)(C)CC2=O)Nc2ccccc2N1CC(=O)N1CCC(C(N)=O)(N2CCCCC2)CC1. The third-order valence-electron chi connectivity index (χ3n) is 8.97. The average Bonchev–Trinajstić information content (AvgIpc) is 2.97. The van der Waals surface area contributed by atoms with Gasteiger partial charge in [-0.2, -0.15) is 0 Å². The van der Waals surface area contributed by atoms with Crippen molar-refractivity contribution in [1.82, 2.24) is 9.80 Å². The third-order valence-corrected chi connectivity index (χ3v) is 8.97. The molecule has 0 saturated carbocycles. The van der Waals surface area contributed by atoms with Crippen LogP contribution in [0.4, 0.5) is 11.4 Å². The highest BCUT2D eigenvalue weighted by atomic mass is 16.2. The highest BCUT2D eigenvalue weighted by molar-refractivity contribution is 6.01. The highest BCUT2D eigenvalue weighted by Gasteiger charge is 2.46. The van der Waals surface area contributed by atoms with Crippen molar-refractivity contribution in [1.29, 1.82) is 0 Å². The number of allylic oxidation sites excluding steroid dienone is 1. The second-order valence-corrected chi connectivity index (χ2v) is 12.1. The van der Waals surface area contributed by atoms with Gasteiger partial charge in [0, 0.05) is 30.8 Å². The molecule has 8 nitrogen and oxygen atoms in total. The molecule has 1 unspecified atom stereocenters. The summed E-state index contributed by atoms with van der Waals surface area (Å²) < 4.78 is 0. The van der Waals surface area contributed by atoms with Crippen LogP contribution in [0.1, 0.15) is 65.7 Å². The molecular weight excluding hydrogens is 466 g/mol. The van der Waals surface area contributed by atoms with Gasteiger partial charge < -0.3 is 20.9 Å². The Morgan fingerprint density at radius 3 is 2.38 bits per heavy atom. The van der Waals surface area contributed by atoms with Gasteiger partial charge >= 0.3 is 0 Å². The maximum absolute atomic E-state index is 13.7. The van der Waals surface area contributed by atoms with Crippen molar-refractivity contribution in [2.75, 3.05) is 42.9 Å². The number of nitrogens with zero attached hydrogens (tertiary/aromatic N) is 3. The summed E-state index contributed by atoms with van der Waals surface area (Å²) in [6, 6.07) is 7.77. The van der Waals surface area contributed by atoms with Crippen molar-refractivity contribution in [2.45, 2.75) is 77.3 Å². The van der Waals surface area contributed by atoms with E-state index < -0.39 is 5.54 Å². The molecule has 37 heavy (non-hydrogen) atoms. The number of rotatable bonds is 4. The van der Waals surface area contributed by atoms with Crippen LogP contribution < -0.4 is 16.0 Å². The van der Waals surface area contributed by atoms with Gasteiger partial charge in [0.1, 0.15) is 5.54 Å². The molecule has 3 N–H and O–H groups in total. The monoisotopic (exact) mass is 507 g/mol. The fourth-order valence-electron chi connectivity index (χ4n) is 6.92. The molecular formula is C29H41N5O3. The summed E-state index contributed by atoms with van der Waals surface area (Å²) in [6.07, 6.45) is 5.82. The van der Waals surface area contributed by atoms with E-state index in [0.717, 1.165) is 55.0 Å². The Balaban J connectivity index is 1.36. The fraction of sp³-hybridized carbons (Fsp3) is 0.621. The van der Waals surface area contributed by atoms with E-state index in [-0.39, 0.29) is 35.6 Å². The zero-order chi connectivity index (χ0) is 26.4. The lowest BCUT2D eigenvalue weighted by Gasteiger charge is -2.48. The number of para-hydroxylation sites is 2. The van der Waals surface area contributed by atoms with Gasteiger partial charge in [-0.15, -0.1) is 0 Å². The van der Waals surface area contributed by atoms with Crippen molar-refractivity contribution in [3.05, 3.63) is 35.5 Å². The van der Waals surface area contributed by atoms with Gasteiger partial charge in [0.25, 0.3) is 0 Å². The van der Waals surface area contributed by atoms with Gasteiger partial charge in [0.15, 0.2) is 5.78 Å². The van der Waals surface area contributed by atoms with Crippen LogP contribution in [0.15, 0.2) is 35.5 Å². The molecule has 200 valence electrons. The van der Waals surface area contributed by atoms with Crippen LogP contribution in [0.2, 0.25) is 0 Å². The fourth-order valence-corrected chi connectivity index (χ4v) is 6.92. The van der Waals surface area contributed by atoms with E-state index in [1.807, 2.05) is 36.1 Å². The van der Waals surface area contributed by atoms with E-state index in [1.54, 1.807) is 0 Å². The summed E-state index contributed by atoms with van der Waals surface area (Å²) in [7, 11) is 0. The Labute approximate surface area is 220 Å². The first-order valence-corrected chi connectivity index (χ1v) is 13.8. The molecule has 2 saturated heterocycles. The van der Waals surface area contributed by atoms with E-state index in [0.29, 0.717) is 32.4 Å². The molecule has 1 aromatic carbocycles. The maximum atomic E-state index is 13.7. The number of carbonyl (C=O) groups excluding carboxylic acids is 3. The van der Waals surface area contributed by atoms with Crippen LogP contribution in [-0.2, 0) is 14.4 Å². The number of hydrogen-bond donors (Lipinski definition) is 2. The molecule has 4 aliphatic rings. The number of carbonyl (C=O) groups is 3. The number of nitrogens with two attached hydrogens (primary N) is 1. The minimum Gasteiger partial charge on any atom is -0.368 e. The van der Waals surface area contributed by atoms with Gasteiger partial charge in [-0.25, -0.2) is 0 Å². The first-order chi connectivity index (χ1) is 17.6. The number of benzene rings is 1. The molecule has 1 aromatic rings. The molecule has 8 heteroatoms. The Morgan fingerprint density at radius 1 is 1.03 bits per heavy atom. The molecule has 0 bridgehead atoms. The quantitative estimate of drug-likeness (QED) is 0.649. The molecule has 3 aliphatic heterocycles. The molecule has 2 amide bonds. The van der Waals surface area contributed by atoms with Gasteiger partial charge in [-0.3, -0.25) is 19.3 Å². The van der Waals surface area contributed by atoms with E-state index in [4.69, 9.17) is 5.73 Å². The van der Waals surface area contributed by atoms with Crippen LogP contribution in [-0.4, -0.2) is 71.7 Å². The largest absolute Gasteiger partial charge is 0.368 e. The number of piperidine rings is 2. The van der Waals surface area contributed by atoms with Gasteiger partial charge in [-0.05, 0) is 69.7 Å². The summed E-state index contributed by atoms with van der Waals surface area (Å²) in [6.45, 7) is 9.30. The predicted octanol–water partition coefficient (Wildman–Crippen LogP) is 3.28. The van der Waals surface area contributed by atoms with Crippen LogP contribution in [0.3, 0.4) is 0 Å². The van der Waals surface area contributed by atoms with Crippen LogP contribution in [0.5, 0.6) is 0 Å². The van der Waals surface area contributed by atoms with E-state index in [9.17, 15) is 14.4 Å². The molecule has 0 aromatic heterocycles. The highest BCUT2D eigenvalue weighted by Crippen LogP contribution is 2.43.